The van der Waals surface area contributed by atoms with E-state index in [1.54, 1.807) is 6.20 Å². The lowest BCUT2D eigenvalue weighted by atomic mass is 10.0. The first-order chi connectivity index (χ1) is 12.2. The summed E-state index contributed by atoms with van der Waals surface area (Å²) in [4.78, 5) is 9.02. The number of rotatable bonds is 3. The molecule has 134 valence electrons. The van der Waals surface area contributed by atoms with Gasteiger partial charge in [-0.05, 0) is 12.1 Å². The highest BCUT2D eigenvalue weighted by Crippen LogP contribution is 2.26. The molecule has 4 rings (SSSR count). The van der Waals surface area contributed by atoms with Gasteiger partial charge in [-0.2, -0.15) is 5.10 Å². The lowest BCUT2D eigenvalue weighted by Gasteiger charge is -2.43. The molecule has 7 nitrogen and oxygen atoms in total. The number of anilines is 1. The van der Waals surface area contributed by atoms with Gasteiger partial charge in [-0.25, -0.2) is 0 Å². The van der Waals surface area contributed by atoms with Gasteiger partial charge in [0, 0.05) is 51.2 Å². The van der Waals surface area contributed by atoms with Crippen molar-refractivity contribution >= 4 is 5.69 Å². The highest BCUT2D eigenvalue weighted by molar-refractivity contribution is 5.44. The molecule has 0 aromatic carbocycles. The molecule has 0 unspecified atom stereocenters. The van der Waals surface area contributed by atoms with Crippen LogP contribution in [0, 0.1) is 0 Å². The summed E-state index contributed by atoms with van der Waals surface area (Å²) in [6.45, 7) is 6.44. The van der Waals surface area contributed by atoms with E-state index >= 15 is 0 Å². The van der Waals surface area contributed by atoms with Crippen molar-refractivity contribution < 1.29 is 9.47 Å². The topological polar surface area (TPSA) is 55.6 Å². The molecule has 4 heterocycles. The normalized spacial score (nSPS) is 25.2. The number of ether oxygens (including phenoxy) is 2. The SMILES string of the molecule is Cn1cc(CN2CCO[C@]3(COCCN(c4cccnc4)C3)C2)cn1. The van der Waals surface area contributed by atoms with Crippen LogP contribution in [0.3, 0.4) is 0 Å². The zero-order valence-electron chi connectivity index (χ0n) is 14.7. The van der Waals surface area contributed by atoms with Gasteiger partial charge in [0.1, 0.15) is 5.60 Å². The van der Waals surface area contributed by atoms with Crippen molar-refractivity contribution in [2.24, 2.45) is 7.05 Å². The molecular formula is C18H25N5O2. The zero-order chi connectivity index (χ0) is 17.1. The Morgan fingerprint density at radius 3 is 2.96 bits per heavy atom. The van der Waals surface area contributed by atoms with Gasteiger partial charge in [-0.1, -0.05) is 0 Å². The van der Waals surface area contributed by atoms with Gasteiger partial charge in [-0.15, -0.1) is 0 Å². The summed E-state index contributed by atoms with van der Waals surface area (Å²) in [6, 6.07) is 4.08. The number of hydrogen-bond acceptors (Lipinski definition) is 6. The molecule has 0 N–H and O–H groups in total. The molecule has 0 aliphatic carbocycles. The van der Waals surface area contributed by atoms with Crippen LogP contribution in [0.15, 0.2) is 36.9 Å². The minimum Gasteiger partial charge on any atom is -0.376 e. The molecule has 0 bridgehead atoms. The Morgan fingerprint density at radius 2 is 2.16 bits per heavy atom. The van der Waals surface area contributed by atoms with E-state index < -0.39 is 0 Å². The average Bonchev–Trinajstić information content (AvgIpc) is 2.92. The van der Waals surface area contributed by atoms with Crippen LogP contribution in [-0.2, 0) is 23.1 Å². The lowest BCUT2D eigenvalue weighted by molar-refractivity contribution is -0.134. The van der Waals surface area contributed by atoms with Gasteiger partial charge in [0.15, 0.2) is 0 Å². The monoisotopic (exact) mass is 343 g/mol. The first-order valence-electron chi connectivity index (χ1n) is 8.79. The zero-order valence-corrected chi connectivity index (χ0v) is 14.7. The Labute approximate surface area is 148 Å². The summed E-state index contributed by atoms with van der Waals surface area (Å²) in [5, 5.41) is 4.27. The van der Waals surface area contributed by atoms with Crippen molar-refractivity contribution in [1.82, 2.24) is 19.7 Å². The largest absolute Gasteiger partial charge is 0.376 e. The second-order valence-electron chi connectivity index (χ2n) is 6.95. The molecular weight excluding hydrogens is 318 g/mol. The molecule has 2 aromatic heterocycles. The van der Waals surface area contributed by atoms with Crippen LogP contribution >= 0.6 is 0 Å². The van der Waals surface area contributed by atoms with Gasteiger partial charge in [-0.3, -0.25) is 14.6 Å². The van der Waals surface area contributed by atoms with Gasteiger partial charge in [0.25, 0.3) is 0 Å². The minimum absolute atomic E-state index is 0.299. The summed E-state index contributed by atoms with van der Waals surface area (Å²) >= 11 is 0. The summed E-state index contributed by atoms with van der Waals surface area (Å²) in [6.07, 6.45) is 7.73. The Kier molecular flexibility index (Phi) is 4.70. The maximum absolute atomic E-state index is 6.26. The first kappa shape index (κ1) is 16.5. The van der Waals surface area contributed by atoms with Crippen LogP contribution in [0.4, 0.5) is 5.69 Å². The van der Waals surface area contributed by atoms with E-state index in [9.17, 15) is 0 Å². The van der Waals surface area contributed by atoms with E-state index in [1.165, 1.54) is 5.56 Å². The molecule has 0 amide bonds. The first-order valence-corrected chi connectivity index (χ1v) is 8.79. The van der Waals surface area contributed by atoms with E-state index in [1.807, 2.05) is 30.2 Å². The highest BCUT2D eigenvalue weighted by atomic mass is 16.5. The van der Waals surface area contributed by atoms with Crippen LogP contribution in [0.1, 0.15) is 5.56 Å². The Bertz CT molecular complexity index is 692. The third-order valence-electron chi connectivity index (χ3n) is 4.85. The molecule has 2 aromatic rings. The maximum atomic E-state index is 6.26. The Hall–Kier alpha value is -1.96. The minimum atomic E-state index is -0.299. The van der Waals surface area contributed by atoms with Crippen molar-refractivity contribution in [3.63, 3.8) is 0 Å². The second kappa shape index (κ2) is 7.11. The van der Waals surface area contributed by atoms with Crippen molar-refractivity contribution in [3.8, 4) is 0 Å². The van der Waals surface area contributed by atoms with E-state index in [4.69, 9.17) is 9.47 Å². The van der Waals surface area contributed by atoms with E-state index in [0.717, 1.165) is 45.0 Å². The fourth-order valence-corrected chi connectivity index (χ4v) is 3.72. The number of morpholine rings is 1. The van der Waals surface area contributed by atoms with E-state index in [2.05, 4.69) is 32.1 Å². The Morgan fingerprint density at radius 1 is 1.20 bits per heavy atom. The standard InChI is InChI=1S/C18H25N5O2/c1-21-11-16(9-20-21)12-22-5-8-25-18(13-22)14-23(6-7-24-15-18)17-3-2-4-19-10-17/h2-4,9-11H,5-8,12-15H2,1H3/t18-/m1/s1. The van der Waals surface area contributed by atoms with Gasteiger partial charge in [0.2, 0.25) is 0 Å². The van der Waals surface area contributed by atoms with Crippen molar-refractivity contribution in [3.05, 3.63) is 42.5 Å². The smallest absolute Gasteiger partial charge is 0.121 e. The van der Waals surface area contributed by atoms with Crippen molar-refractivity contribution in [2.45, 2.75) is 12.1 Å². The third-order valence-corrected chi connectivity index (χ3v) is 4.85. The fourth-order valence-electron chi connectivity index (χ4n) is 3.72. The van der Waals surface area contributed by atoms with E-state index in [-0.39, 0.29) is 5.60 Å². The molecule has 25 heavy (non-hydrogen) atoms. The summed E-state index contributed by atoms with van der Waals surface area (Å²) in [5.74, 6) is 0. The second-order valence-corrected chi connectivity index (χ2v) is 6.95. The predicted molar refractivity (Wildman–Crippen MR) is 94.4 cm³/mol. The van der Waals surface area contributed by atoms with Crippen LogP contribution in [0.25, 0.3) is 0 Å². The number of aryl methyl sites for hydroxylation is 1. The third kappa shape index (κ3) is 3.84. The molecule has 2 aliphatic rings. The summed E-state index contributed by atoms with van der Waals surface area (Å²) in [5.41, 5.74) is 2.06. The van der Waals surface area contributed by atoms with Gasteiger partial charge in [0.05, 0.1) is 44.4 Å². The molecule has 1 spiro atoms. The molecule has 0 radical (unpaired) electrons. The molecule has 2 fully saturated rings. The number of aromatic nitrogens is 3. The van der Waals surface area contributed by atoms with Crippen LogP contribution in [0.5, 0.6) is 0 Å². The van der Waals surface area contributed by atoms with Crippen LogP contribution < -0.4 is 4.90 Å². The fraction of sp³-hybridized carbons (Fsp3) is 0.556. The van der Waals surface area contributed by atoms with E-state index in [0.29, 0.717) is 13.2 Å². The summed E-state index contributed by atoms with van der Waals surface area (Å²) in [7, 11) is 1.95. The Balaban J connectivity index is 1.48. The number of pyridine rings is 1. The molecule has 0 saturated carbocycles. The molecule has 1 atom stereocenters. The van der Waals surface area contributed by atoms with Crippen LogP contribution in [0.2, 0.25) is 0 Å². The molecule has 7 heteroatoms. The number of nitrogens with zero attached hydrogens (tertiary/aromatic N) is 5. The molecule has 2 saturated heterocycles. The quantitative estimate of drug-likeness (QED) is 0.826. The number of hydrogen-bond donors (Lipinski definition) is 0. The van der Waals surface area contributed by atoms with Gasteiger partial charge >= 0.3 is 0 Å². The van der Waals surface area contributed by atoms with Crippen molar-refractivity contribution in [2.75, 3.05) is 50.9 Å². The lowest BCUT2D eigenvalue weighted by Crippen LogP contribution is -2.58. The predicted octanol–water partition coefficient (Wildman–Crippen LogP) is 0.923. The highest BCUT2D eigenvalue weighted by Gasteiger charge is 2.40. The summed E-state index contributed by atoms with van der Waals surface area (Å²) < 4.78 is 14.0. The van der Waals surface area contributed by atoms with Gasteiger partial charge < -0.3 is 14.4 Å². The molecule has 2 aliphatic heterocycles. The average molecular weight is 343 g/mol. The van der Waals surface area contributed by atoms with Crippen molar-refractivity contribution in [1.29, 1.82) is 0 Å². The van der Waals surface area contributed by atoms with Crippen LogP contribution in [-0.4, -0.2) is 71.3 Å². The maximum Gasteiger partial charge on any atom is 0.121 e.